The summed E-state index contributed by atoms with van der Waals surface area (Å²) in [6, 6.07) is 10.1. The van der Waals surface area contributed by atoms with Crippen molar-refractivity contribution in [3.8, 4) is 0 Å². The Morgan fingerprint density at radius 1 is 1.26 bits per heavy atom. The fourth-order valence-electron chi connectivity index (χ4n) is 1.76. The topological polar surface area (TPSA) is 38.7 Å². The first kappa shape index (κ1) is 16.1. The number of benzene rings is 1. The Labute approximate surface area is 116 Å². The third-order valence-electron chi connectivity index (χ3n) is 2.38. The van der Waals surface area contributed by atoms with Crippen LogP contribution in [-0.4, -0.2) is 24.6 Å². The second-order valence-corrected chi connectivity index (χ2v) is 8.40. The molecular formula is C15H24NO2P. The quantitative estimate of drug-likeness (QED) is 0.573. The lowest BCUT2D eigenvalue weighted by Crippen LogP contribution is -2.18. The number of hydrogen-bond donors (Lipinski definition) is 0. The molecule has 4 heteroatoms. The maximum atomic E-state index is 12.2. The van der Waals surface area contributed by atoms with Crippen LogP contribution in [0.15, 0.2) is 35.3 Å². The van der Waals surface area contributed by atoms with Crippen LogP contribution in [0.4, 0.5) is 0 Å². The van der Waals surface area contributed by atoms with Crippen molar-refractivity contribution in [3.05, 3.63) is 35.9 Å². The van der Waals surface area contributed by atoms with E-state index in [1.807, 2.05) is 57.3 Å². The van der Waals surface area contributed by atoms with Gasteiger partial charge in [-0.3, -0.25) is 9.56 Å². The van der Waals surface area contributed by atoms with Gasteiger partial charge >= 0.3 is 0 Å². The SMILES string of the molecule is CC(C)(C)OP(C)(=O)CCC=NCc1ccccc1. The highest BCUT2D eigenvalue weighted by atomic mass is 31.2. The van der Waals surface area contributed by atoms with Crippen molar-refractivity contribution in [1.29, 1.82) is 0 Å². The molecule has 19 heavy (non-hydrogen) atoms. The molecule has 0 aliphatic carbocycles. The molecule has 0 saturated carbocycles. The van der Waals surface area contributed by atoms with Crippen molar-refractivity contribution in [2.45, 2.75) is 39.3 Å². The van der Waals surface area contributed by atoms with Gasteiger partial charge < -0.3 is 4.52 Å². The minimum Gasteiger partial charge on any atom is -0.323 e. The molecule has 1 unspecified atom stereocenters. The van der Waals surface area contributed by atoms with Gasteiger partial charge in [0.2, 0.25) is 7.37 Å². The van der Waals surface area contributed by atoms with Crippen molar-refractivity contribution in [1.82, 2.24) is 0 Å². The molecule has 106 valence electrons. The summed E-state index contributed by atoms with van der Waals surface area (Å²) in [4.78, 5) is 4.34. The molecule has 1 aromatic rings. The zero-order valence-electron chi connectivity index (χ0n) is 12.3. The highest BCUT2D eigenvalue weighted by Gasteiger charge is 2.23. The Hall–Kier alpha value is -0.920. The summed E-state index contributed by atoms with van der Waals surface area (Å²) in [5.41, 5.74) is 0.829. The first-order chi connectivity index (χ1) is 8.79. The van der Waals surface area contributed by atoms with Crippen LogP contribution in [0.2, 0.25) is 0 Å². The summed E-state index contributed by atoms with van der Waals surface area (Å²) in [6.45, 7) is 8.14. The van der Waals surface area contributed by atoms with Crippen LogP contribution in [0.5, 0.6) is 0 Å². The van der Waals surface area contributed by atoms with Crippen molar-refractivity contribution in [3.63, 3.8) is 0 Å². The van der Waals surface area contributed by atoms with Crippen LogP contribution in [0, 0.1) is 0 Å². The molecular weight excluding hydrogens is 257 g/mol. The monoisotopic (exact) mass is 281 g/mol. The van der Waals surface area contributed by atoms with E-state index in [1.54, 1.807) is 6.66 Å². The van der Waals surface area contributed by atoms with Crippen LogP contribution < -0.4 is 0 Å². The number of nitrogens with zero attached hydrogens (tertiary/aromatic N) is 1. The van der Waals surface area contributed by atoms with Gasteiger partial charge in [0.25, 0.3) is 0 Å². The van der Waals surface area contributed by atoms with Crippen molar-refractivity contribution in [2.24, 2.45) is 4.99 Å². The van der Waals surface area contributed by atoms with Gasteiger partial charge in [-0.25, -0.2) is 0 Å². The predicted octanol–water partition coefficient (Wildman–Crippen LogP) is 4.37. The first-order valence-electron chi connectivity index (χ1n) is 6.58. The molecule has 0 saturated heterocycles. The van der Waals surface area contributed by atoms with E-state index in [0.717, 1.165) is 0 Å². The summed E-state index contributed by atoms with van der Waals surface area (Å²) < 4.78 is 17.8. The molecule has 0 N–H and O–H groups in total. The van der Waals surface area contributed by atoms with Crippen LogP contribution >= 0.6 is 7.37 Å². The summed E-state index contributed by atoms with van der Waals surface area (Å²) in [5, 5.41) is 0. The third-order valence-corrected chi connectivity index (χ3v) is 4.38. The van der Waals surface area contributed by atoms with Gasteiger partial charge in [-0.2, -0.15) is 0 Å². The smallest absolute Gasteiger partial charge is 0.201 e. The Bertz CT molecular complexity index is 449. The number of rotatable bonds is 6. The number of hydrogen-bond acceptors (Lipinski definition) is 3. The van der Waals surface area contributed by atoms with Crippen molar-refractivity contribution in [2.75, 3.05) is 12.8 Å². The Balaban J connectivity index is 2.32. The second-order valence-electron chi connectivity index (χ2n) is 5.74. The van der Waals surface area contributed by atoms with Crippen LogP contribution in [0.25, 0.3) is 0 Å². The fraction of sp³-hybridized carbons (Fsp3) is 0.533. The van der Waals surface area contributed by atoms with E-state index in [0.29, 0.717) is 19.1 Å². The summed E-state index contributed by atoms with van der Waals surface area (Å²) >= 11 is 0. The van der Waals surface area contributed by atoms with E-state index in [-0.39, 0.29) is 5.60 Å². The van der Waals surface area contributed by atoms with E-state index in [2.05, 4.69) is 4.99 Å². The Morgan fingerprint density at radius 2 is 1.89 bits per heavy atom. The molecule has 0 aromatic heterocycles. The molecule has 0 spiro atoms. The van der Waals surface area contributed by atoms with Gasteiger partial charge in [0.1, 0.15) is 0 Å². The number of aliphatic imine (C=N–C) groups is 1. The third kappa shape index (κ3) is 7.97. The van der Waals surface area contributed by atoms with Crippen LogP contribution in [-0.2, 0) is 15.6 Å². The molecule has 0 fully saturated rings. The molecule has 1 atom stereocenters. The van der Waals surface area contributed by atoms with Crippen LogP contribution in [0.3, 0.4) is 0 Å². The van der Waals surface area contributed by atoms with Gasteiger partial charge in [0.05, 0.1) is 12.1 Å². The minimum absolute atomic E-state index is 0.356. The predicted molar refractivity (Wildman–Crippen MR) is 82.5 cm³/mol. The molecule has 0 aliphatic rings. The Morgan fingerprint density at radius 3 is 2.47 bits per heavy atom. The van der Waals surface area contributed by atoms with E-state index in [1.165, 1.54) is 5.56 Å². The maximum absolute atomic E-state index is 12.2. The van der Waals surface area contributed by atoms with Crippen molar-refractivity contribution >= 4 is 13.6 Å². The zero-order chi connectivity index (χ0) is 14.4. The minimum atomic E-state index is -2.52. The first-order valence-corrected chi connectivity index (χ1v) is 8.84. The van der Waals surface area contributed by atoms with E-state index < -0.39 is 7.37 Å². The van der Waals surface area contributed by atoms with Gasteiger partial charge in [-0.15, -0.1) is 0 Å². The molecule has 1 aromatic carbocycles. The van der Waals surface area contributed by atoms with Gasteiger partial charge in [0, 0.05) is 12.8 Å². The zero-order valence-corrected chi connectivity index (χ0v) is 13.2. The molecule has 0 aliphatic heterocycles. The highest BCUT2D eigenvalue weighted by molar-refractivity contribution is 7.58. The van der Waals surface area contributed by atoms with Crippen LogP contribution in [0.1, 0.15) is 32.8 Å². The van der Waals surface area contributed by atoms with E-state index in [4.69, 9.17) is 4.52 Å². The lowest BCUT2D eigenvalue weighted by molar-refractivity contribution is 0.136. The molecule has 0 bridgehead atoms. The van der Waals surface area contributed by atoms with Gasteiger partial charge in [-0.05, 0) is 39.0 Å². The Kier molecular flexibility index (Phi) is 5.96. The van der Waals surface area contributed by atoms with Crippen molar-refractivity contribution < 1.29 is 9.09 Å². The summed E-state index contributed by atoms with van der Waals surface area (Å²) in [5.74, 6) is 0. The van der Waals surface area contributed by atoms with E-state index >= 15 is 0 Å². The van der Waals surface area contributed by atoms with E-state index in [9.17, 15) is 4.57 Å². The normalized spacial score (nSPS) is 15.6. The average Bonchev–Trinajstić information content (AvgIpc) is 2.26. The highest BCUT2D eigenvalue weighted by Crippen LogP contribution is 2.46. The molecule has 3 nitrogen and oxygen atoms in total. The molecule has 0 radical (unpaired) electrons. The summed E-state index contributed by atoms with van der Waals surface area (Å²) in [7, 11) is -2.52. The van der Waals surface area contributed by atoms with Gasteiger partial charge in [0.15, 0.2) is 0 Å². The largest absolute Gasteiger partial charge is 0.323 e. The molecule has 0 amide bonds. The second kappa shape index (κ2) is 7.02. The lowest BCUT2D eigenvalue weighted by Gasteiger charge is -2.24. The standard InChI is InChI=1S/C15H24NO2P/c1-15(2,3)18-19(4,17)12-8-11-16-13-14-9-6-5-7-10-14/h5-7,9-11H,8,12-13H2,1-4H3. The van der Waals surface area contributed by atoms with Gasteiger partial charge in [-0.1, -0.05) is 30.3 Å². The lowest BCUT2D eigenvalue weighted by atomic mass is 10.2. The average molecular weight is 281 g/mol. The summed E-state index contributed by atoms with van der Waals surface area (Å²) in [6.07, 6.45) is 3.08. The molecule has 0 heterocycles. The molecule has 1 rings (SSSR count). The fourth-order valence-corrected chi connectivity index (χ4v) is 3.60. The maximum Gasteiger partial charge on any atom is 0.201 e.